The molecule has 0 aliphatic heterocycles. The van der Waals surface area contributed by atoms with Crippen molar-refractivity contribution < 1.29 is 5.11 Å². The summed E-state index contributed by atoms with van der Waals surface area (Å²) in [5.74, 6) is 6.62. The Hall–Kier alpha value is -2.08. The maximum absolute atomic E-state index is 10.1. The molecule has 0 fully saturated rings. The molecule has 2 atom stereocenters. The molecule has 0 spiro atoms. The summed E-state index contributed by atoms with van der Waals surface area (Å²) in [6.45, 7) is 2.55. The largest absolute Gasteiger partial charge is 0.388 e. The summed E-state index contributed by atoms with van der Waals surface area (Å²) >= 11 is 0. The molecule has 0 aliphatic carbocycles. The highest BCUT2D eigenvalue weighted by Gasteiger charge is 2.10. The van der Waals surface area contributed by atoms with E-state index in [4.69, 9.17) is 5.73 Å². The SMILES string of the molecule is CC(C#Cc1ccccc1[C@H](O)CCN)c1ccccc1. The first-order valence-electron chi connectivity index (χ1n) is 7.26. The van der Waals surface area contributed by atoms with Crippen molar-refractivity contribution in [3.05, 3.63) is 71.3 Å². The molecule has 0 saturated heterocycles. The standard InChI is InChI=1S/C19H21NO/c1-15(16-7-3-2-4-8-16)11-12-17-9-5-6-10-18(17)19(21)13-14-20/h2-10,15,19,21H,13-14,20H2,1H3/t15?,19-/m1/s1. The highest BCUT2D eigenvalue weighted by Crippen LogP contribution is 2.20. The van der Waals surface area contributed by atoms with Crippen LogP contribution in [0.3, 0.4) is 0 Å². The Balaban J connectivity index is 2.23. The predicted molar refractivity (Wildman–Crippen MR) is 86.8 cm³/mol. The normalized spacial score (nSPS) is 13.1. The van der Waals surface area contributed by atoms with Gasteiger partial charge >= 0.3 is 0 Å². The second kappa shape index (κ2) is 7.64. The Kier molecular flexibility index (Phi) is 5.57. The zero-order valence-corrected chi connectivity index (χ0v) is 12.3. The summed E-state index contributed by atoms with van der Waals surface area (Å²) in [7, 11) is 0. The third kappa shape index (κ3) is 4.19. The van der Waals surface area contributed by atoms with Gasteiger partial charge in [-0.15, -0.1) is 0 Å². The van der Waals surface area contributed by atoms with Gasteiger partial charge in [0, 0.05) is 11.5 Å². The fourth-order valence-electron chi connectivity index (χ4n) is 2.23. The van der Waals surface area contributed by atoms with Crippen LogP contribution in [0.25, 0.3) is 0 Å². The number of aliphatic hydroxyl groups is 1. The van der Waals surface area contributed by atoms with Crippen molar-refractivity contribution >= 4 is 0 Å². The van der Waals surface area contributed by atoms with Crippen molar-refractivity contribution in [3.8, 4) is 11.8 Å². The van der Waals surface area contributed by atoms with Crippen LogP contribution in [0.15, 0.2) is 54.6 Å². The van der Waals surface area contributed by atoms with Gasteiger partial charge in [0.05, 0.1) is 6.10 Å². The third-order valence-electron chi connectivity index (χ3n) is 3.48. The van der Waals surface area contributed by atoms with Gasteiger partial charge in [-0.2, -0.15) is 0 Å². The fraction of sp³-hybridized carbons (Fsp3) is 0.263. The molecule has 2 aromatic rings. The smallest absolute Gasteiger partial charge is 0.0814 e. The van der Waals surface area contributed by atoms with Crippen molar-refractivity contribution in [2.75, 3.05) is 6.54 Å². The van der Waals surface area contributed by atoms with Gasteiger partial charge in [-0.3, -0.25) is 0 Å². The molecule has 0 radical (unpaired) electrons. The summed E-state index contributed by atoms with van der Waals surface area (Å²) in [6, 6.07) is 17.9. The second-order valence-electron chi connectivity index (χ2n) is 5.08. The molecule has 0 bridgehead atoms. The summed E-state index contributed by atoms with van der Waals surface area (Å²) in [6.07, 6.45) is -0.0000382. The monoisotopic (exact) mass is 279 g/mol. The van der Waals surface area contributed by atoms with Gasteiger partial charge in [0.15, 0.2) is 0 Å². The molecule has 2 heteroatoms. The lowest BCUT2D eigenvalue weighted by atomic mass is 9.98. The third-order valence-corrected chi connectivity index (χ3v) is 3.48. The van der Waals surface area contributed by atoms with Crippen molar-refractivity contribution in [1.29, 1.82) is 0 Å². The zero-order chi connectivity index (χ0) is 15.1. The quantitative estimate of drug-likeness (QED) is 0.844. The number of benzene rings is 2. The molecule has 2 aromatic carbocycles. The van der Waals surface area contributed by atoms with Crippen LogP contribution in [0.1, 0.15) is 42.1 Å². The first-order chi connectivity index (χ1) is 10.2. The molecular formula is C19H21NO. The molecule has 2 nitrogen and oxygen atoms in total. The molecule has 1 unspecified atom stereocenters. The Labute approximate surface area is 126 Å². The van der Waals surface area contributed by atoms with E-state index in [1.165, 1.54) is 5.56 Å². The second-order valence-corrected chi connectivity index (χ2v) is 5.08. The van der Waals surface area contributed by atoms with Crippen LogP contribution in [0.2, 0.25) is 0 Å². The summed E-state index contributed by atoms with van der Waals surface area (Å²) in [5.41, 5.74) is 8.45. The van der Waals surface area contributed by atoms with Crippen molar-refractivity contribution in [2.24, 2.45) is 5.73 Å². The molecule has 0 amide bonds. The molecule has 21 heavy (non-hydrogen) atoms. The van der Waals surface area contributed by atoms with E-state index in [0.29, 0.717) is 13.0 Å². The van der Waals surface area contributed by atoms with Crippen LogP contribution in [0, 0.1) is 11.8 Å². The van der Waals surface area contributed by atoms with Crippen LogP contribution in [0.5, 0.6) is 0 Å². The van der Waals surface area contributed by atoms with E-state index in [9.17, 15) is 5.11 Å². The predicted octanol–water partition coefficient (Wildman–Crippen LogP) is 3.22. The summed E-state index contributed by atoms with van der Waals surface area (Å²) in [5, 5.41) is 10.1. The van der Waals surface area contributed by atoms with Gasteiger partial charge < -0.3 is 10.8 Å². The Bertz CT molecular complexity index is 625. The van der Waals surface area contributed by atoms with Crippen molar-refractivity contribution in [3.63, 3.8) is 0 Å². The van der Waals surface area contributed by atoms with Gasteiger partial charge in [-0.05, 0) is 37.1 Å². The topological polar surface area (TPSA) is 46.2 Å². The minimum atomic E-state index is -0.549. The van der Waals surface area contributed by atoms with Gasteiger partial charge in [-0.1, -0.05) is 60.4 Å². The lowest BCUT2D eigenvalue weighted by molar-refractivity contribution is 0.170. The molecule has 0 aromatic heterocycles. The van der Waals surface area contributed by atoms with E-state index in [0.717, 1.165) is 11.1 Å². The van der Waals surface area contributed by atoms with Crippen LogP contribution < -0.4 is 5.73 Å². The lowest BCUT2D eigenvalue weighted by Crippen LogP contribution is -2.08. The number of nitrogens with two attached hydrogens (primary N) is 1. The number of hydrogen-bond donors (Lipinski definition) is 2. The maximum atomic E-state index is 10.1. The average Bonchev–Trinajstić information content (AvgIpc) is 2.54. The molecule has 0 aliphatic rings. The Morgan fingerprint density at radius 3 is 2.43 bits per heavy atom. The number of aliphatic hydroxyl groups excluding tert-OH is 1. The minimum absolute atomic E-state index is 0.158. The van der Waals surface area contributed by atoms with Crippen LogP contribution in [-0.2, 0) is 0 Å². The molecule has 108 valence electrons. The van der Waals surface area contributed by atoms with E-state index in [2.05, 4.69) is 30.9 Å². The van der Waals surface area contributed by atoms with Gasteiger partial charge in [0.2, 0.25) is 0 Å². The van der Waals surface area contributed by atoms with Gasteiger partial charge in [0.25, 0.3) is 0 Å². The van der Waals surface area contributed by atoms with E-state index < -0.39 is 6.10 Å². The molecular weight excluding hydrogens is 258 g/mol. The first kappa shape index (κ1) is 15.3. The molecule has 3 N–H and O–H groups in total. The average molecular weight is 279 g/mol. The highest BCUT2D eigenvalue weighted by molar-refractivity contribution is 5.44. The van der Waals surface area contributed by atoms with Gasteiger partial charge in [-0.25, -0.2) is 0 Å². The van der Waals surface area contributed by atoms with Gasteiger partial charge in [0.1, 0.15) is 0 Å². The van der Waals surface area contributed by atoms with Crippen molar-refractivity contribution in [2.45, 2.75) is 25.4 Å². The number of hydrogen-bond acceptors (Lipinski definition) is 2. The summed E-state index contributed by atoms with van der Waals surface area (Å²) in [4.78, 5) is 0. The van der Waals surface area contributed by atoms with Crippen molar-refractivity contribution in [1.82, 2.24) is 0 Å². The van der Waals surface area contributed by atoms with E-state index in [1.54, 1.807) is 0 Å². The van der Waals surface area contributed by atoms with E-state index >= 15 is 0 Å². The zero-order valence-electron chi connectivity index (χ0n) is 12.3. The first-order valence-corrected chi connectivity index (χ1v) is 7.26. The molecule has 0 heterocycles. The Morgan fingerprint density at radius 1 is 1.05 bits per heavy atom. The lowest BCUT2D eigenvalue weighted by Gasteiger charge is -2.11. The number of rotatable bonds is 4. The van der Waals surface area contributed by atoms with Crippen LogP contribution in [0.4, 0.5) is 0 Å². The minimum Gasteiger partial charge on any atom is -0.388 e. The van der Waals surface area contributed by atoms with Crippen LogP contribution in [-0.4, -0.2) is 11.7 Å². The fourth-order valence-corrected chi connectivity index (χ4v) is 2.23. The van der Waals surface area contributed by atoms with Crippen LogP contribution >= 0.6 is 0 Å². The summed E-state index contributed by atoms with van der Waals surface area (Å²) < 4.78 is 0. The van der Waals surface area contributed by atoms with E-state index in [-0.39, 0.29) is 5.92 Å². The maximum Gasteiger partial charge on any atom is 0.0814 e. The Morgan fingerprint density at radius 2 is 1.71 bits per heavy atom. The van der Waals surface area contributed by atoms with E-state index in [1.807, 2.05) is 42.5 Å². The molecule has 2 rings (SSSR count). The molecule has 0 saturated carbocycles. The highest BCUT2D eigenvalue weighted by atomic mass is 16.3.